The van der Waals surface area contributed by atoms with E-state index in [1.807, 2.05) is 26.0 Å². The van der Waals surface area contributed by atoms with Crippen LogP contribution in [-0.4, -0.2) is 31.7 Å². The van der Waals surface area contributed by atoms with E-state index >= 15 is 0 Å². The minimum atomic E-state index is -0.856. The maximum Gasteiger partial charge on any atom is 0.329 e. The van der Waals surface area contributed by atoms with Gasteiger partial charge in [-0.3, -0.25) is 9.59 Å². The number of amides is 2. The molecule has 0 bridgehead atoms. The van der Waals surface area contributed by atoms with Crippen molar-refractivity contribution in [1.82, 2.24) is 5.43 Å². The number of nitrogens with one attached hydrogen (secondary N) is 2. The van der Waals surface area contributed by atoms with Gasteiger partial charge < -0.3 is 14.8 Å². The summed E-state index contributed by atoms with van der Waals surface area (Å²) >= 11 is 0. The minimum Gasteiger partial charge on any atom is -0.493 e. The zero-order valence-electron chi connectivity index (χ0n) is 16.3. The predicted molar refractivity (Wildman–Crippen MR) is 109 cm³/mol. The monoisotopic (exact) mass is 383 g/mol. The molecule has 0 atom stereocenters. The van der Waals surface area contributed by atoms with Gasteiger partial charge in [-0.15, -0.1) is 0 Å². The molecule has 0 aliphatic rings. The summed E-state index contributed by atoms with van der Waals surface area (Å²) < 4.78 is 10.9. The fraction of sp³-hybridized carbons (Fsp3) is 0.286. The Kier molecular flexibility index (Phi) is 8.02. The van der Waals surface area contributed by atoms with Gasteiger partial charge in [0, 0.05) is 5.69 Å². The summed E-state index contributed by atoms with van der Waals surface area (Å²) in [6.07, 6.45) is 3.22. The third kappa shape index (κ3) is 6.12. The van der Waals surface area contributed by atoms with Crippen LogP contribution < -0.4 is 20.2 Å². The van der Waals surface area contributed by atoms with Crippen molar-refractivity contribution in [3.05, 3.63) is 53.6 Å². The summed E-state index contributed by atoms with van der Waals surface area (Å²) in [5.74, 6) is -0.441. The van der Waals surface area contributed by atoms with Crippen LogP contribution in [0.4, 0.5) is 5.69 Å². The fourth-order valence-electron chi connectivity index (χ4n) is 2.32. The van der Waals surface area contributed by atoms with Crippen molar-refractivity contribution >= 4 is 23.7 Å². The lowest BCUT2D eigenvalue weighted by Crippen LogP contribution is -2.32. The maximum absolute atomic E-state index is 11.9. The average molecular weight is 383 g/mol. The molecule has 0 saturated carbocycles. The molecule has 7 nitrogen and oxygen atoms in total. The zero-order chi connectivity index (χ0) is 20.4. The van der Waals surface area contributed by atoms with Crippen LogP contribution in [0.5, 0.6) is 11.5 Å². The summed E-state index contributed by atoms with van der Waals surface area (Å²) in [6, 6.07) is 12.6. The number of nitrogens with zero attached hydrogens (tertiary/aromatic N) is 1. The smallest absolute Gasteiger partial charge is 0.329 e. The van der Waals surface area contributed by atoms with Gasteiger partial charge in [-0.05, 0) is 54.3 Å². The van der Waals surface area contributed by atoms with Crippen molar-refractivity contribution in [2.24, 2.45) is 5.10 Å². The second-order valence-electron chi connectivity index (χ2n) is 5.96. The minimum absolute atomic E-state index is 0.550. The molecule has 28 heavy (non-hydrogen) atoms. The molecule has 0 aromatic heterocycles. The molecule has 0 unspecified atom stereocenters. The summed E-state index contributed by atoms with van der Waals surface area (Å²) in [5.41, 5.74) is 4.59. The number of carbonyl (C=O) groups excluding carboxylic acids is 2. The molecule has 0 fully saturated rings. The van der Waals surface area contributed by atoms with Crippen LogP contribution in [-0.2, 0) is 16.0 Å². The number of rotatable bonds is 8. The number of ether oxygens (including phenoxy) is 2. The summed E-state index contributed by atoms with van der Waals surface area (Å²) in [5, 5.41) is 6.34. The third-order valence-corrected chi connectivity index (χ3v) is 3.86. The van der Waals surface area contributed by atoms with Crippen LogP contribution in [0.3, 0.4) is 0 Å². The van der Waals surface area contributed by atoms with Crippen molar-refractivity contribution in [2.75, 3.05) is 19.0 Å². The number of hydrogen-bond acceptors (Lipinski definition) is 5. The topological polar surface area (TPSA) is 89.0 Å². The van der Waals surface area contributed by atoms with E-state index in [1.165, 1.54) is 6.21 Å². The first-order valence-corrected chi connectivity index (χ1v) is 9.11. The molecule has 0 aliphatic heterocycles. The van der Waals surface area contributed by atoms with Gasteiger partial charge in [0.25, 0.3) is 0 Å². The molecule has 148 valence electrons. The Hall–Kier alpha value is -3.35. The highest BCUT2D eigenvalue weighted by Crippen LogP contribution is 2.27. The molecule has 7 heteroatoms. The Morgan fingerprint density at radius 1 is 1.04 bits per heavy atom. The number of anilines is 1. The Balaban J connectivity index is 1.91. The van der Waals surface area contributed by atoms with Crippen LogP contribution in [0.15, 0.2) is 47.6 Å². The molecule has 2 N–H and O–H groups in total. The number of hydrogen-bond donors (Lipinski definition) is 2. The van der Waals surface area contributed by atoms with Gasteiger partial charge in [-0.1, -0.05) is 26.0 Å². The molecule has 0 saturated heterocycles. The lowest BCUT2D eigenvalue weighted by molar-refractivity contribution is -0.136. The Morgan fingerprint density at radius 3 is 2.43 bits per heavy atom. The molecule has 2 aromatic carbocycles. The average Bonchev–Trinajstić information content (AvgIpc) is 2.73. The summed E-state index contributed by atoms with van der Waals surface area (Å²) in [6.45, 7) is 4.66. The Morgan fingerprint density at radius 2 is 1.79 bits per heavy atom. The van der Waals surface area contributed by atoms with Gasteiger partial charge in [0.05, 0.1) is 19.9 Å². The number of hydrazone groups is 1. The highest BCUT2D eigenvalue weighted by atomic mass is 16.5. The van der Waals surface area contributed by atoms with Crippen LogP contribution in [0.1, 0.15) is 31.4 Å². The highest BCUT2D eigenvalue weighted by Gasteiger charge is 2.12. The van der Waals surface area contributed by atoms with Crippen molar-refractivity contribution < 1.29 is 19.1 Å². The van der Waals surface area contributed by atoms with E-state index in [0.29, 0.717) is 29.4 Å². The van der Waals surface area contributed by atoms with E-state index in [9.17, 15) is 9.59 Å². The van der Waals surface area contributed by atoms with E-state index in [1.54, 1.807) is 37.4 Å². The normalized spacial score (nSPS) is 10.5. The van der Waals surface area contributed by atoms with Crippen LogP contribution >= 0.6 is 0 Å². The first-order chi connectivity index (χ1) is 13.6. The largest absolute Gasteiger partial charge is 0.493 e. The molecule has 0 radical (unpaired) electrons. The quantitative estimate of drug-likeness (QED) is 0.416. The van der Waals surface area contributed by atoms with E-state index in [0.717, 1.165) is 18.4 Å². The van der Waals surface area contributed by atoms with Crippen LogP contribution in [0.2, 0.25) is 0 Å². The van der Waals surface area contributed by atoms with Gasteiger partial charge >= 0.3 is 11.8 Å². The second-order valence-corrected chi connectivity index (χ2v) is 5.96. The molecule has 2 rings (SSSR count). The number of carbonyl (C=O) groups is 2. The second kappa shape index (κ2) is 10.7. The van der Waals surface area contributed by atoms with Gasteiger partial charge in [0.15, 0.2) is 11.5 Å². The van der Waals surface area contributed by atoms with E-state index < -0.39 is 11.8 Å². The van der Waals surface area contributed by atoms with Crippen molar-refractivity contribution in [1.29, 1.82) is 0 Å². The van der Waals surface area contributed by atoms with Crippen molar-refractivity contribution in [2.45, 2.75) is 26.7 Å². The highest BCUT2D eigenvalue weighted by molar-refractivity contribution is 6.39. The molecule has 2 aromatic rings. The lowest BCUT2D eigenvalue weighted by atomic mass is 10.1. The third-order valence-electron chi connectivity index (χ3n) is 3.86. The number of methoxy groups -OCH3 is 1. The predicted octanol–water partition coefficient (Wildman–Crippen LogP) is 3.14. The maximum atomic E-state index is 11.9. The molecule has 2 amide bonds. The van der Waals surface area contributed by atoms with Crippen molar-refractivity contribution in [3.8, 4) is 11.5 Å². The van der Waals surface area contributed by atoms with Crippen LogP contribution in [0.25, 0.3) is 0 Å². The molecule has 0 heterocycles. The molecule has 0 spiro atoms. The van der Waals surface area contributed by atoms with Gasteiger partial charge in [0.2, 0.25) is 0 Å². The molecular weight excluding hydrogens is 358 g/mol. The van der Waals surface area contributed by atoms with Gasteiger partial charge in [-0.25, -0.2) is 5.43 Å². The van der Waals surface area contributed by atoms with Gasteiger partial charge in [-0.2, -0.15) is 5.10 Å². The fourth-order valence-corrected chi connectivity index (χ4v) is 2.32. The Bertz CT molecular complexity index is 832. The number of benzene rings is 2. The SMILES string of the molecule is CCCOc1ccc(/C=N\NC(=O)C(=O)Nc2ccc(CC)cc2)cc1OC. The lowest BCUT2D eigenvalue weighted by Gasteiger charge is -2.10. The summed E-state index contributed by atoms with van der Waals surface area (Å²) in [4.78, 5) is 23.8. The first-order valence-electron chi connectivity index (χ1n) is 9.11. The summed E-state index contributed by atoms with van der Waals surface area (Å²) in [7, 11) is 1.55. The standard InChI is InChI=1S/C21H25N3O4/c1-4-12-28-18-11-8-16(13-19(18)27-3)14-22-24-21(26)20(25)23-17-9-6-15(5-2)7-10-17/h6-11,13-14H,4-5,12H2,1-3H3,(H,23,25)(H,24,26)/b22-14-. The zero-order valence-corrected chi connectivity index (χ0v) is 16.3. The van der Waals surface area contributed by atoms with E-state index in [2.05, 4.69) is 15.8 Å². The van der Waals surface area contributed by atoms with Crippen molar-refractivity contribution in [3.63, 3.8) is 0 Å². The molecular formula is C21H25N3O4. The Labute approximate surface area is 164 Å². The first kappa shape index (κ1) is 21.0. The van der Waals surface area contributed by atoms with E-state index in [4.69, 9.17) is 9.47 Å². The molecule has 0 aliphatic carbocycles. The van der Waals surface area contributed by atoms with Crippen LogP contribution in [0, 0.1) is 0 Å². The van der Waals surface area contributed by atoms with Gasteiger partial charge in [0.1, 0.15) is 0 Å². The van der Waals surface area contributed by atoms with E-state index in [-0.39, 0.29) is 0 Å². The number of aryl methyl sites for hydroxylation is 1.